The predicted molar refractivity (Wildman–Crippen MR) is 80.7 cm³/mol. The van der Waals surface area contributed by atoms with Crippen molar-refractivity contribution in [1.82, 2.24) is 15.1 Å². The highest BCUT2D eigenvalue weighted by Gasteiger charge is 2.31. The maximum atomic E-state index is 12.2. The number of nitrogens with zero attached hydrogens (tertiary/aromatic N) is 2. The summed E-state index contributed by atoms with van der Waals surface area (Å²) in [7, 11) is 1.89. The van der Waals surface area contributed by atoms with Gasteiger partial charge in [0, 0.05) is 25.4 Å². The summed E-state index contributed by atoms with van der Waals surface area (Å²) in [6.45, 7) is 2.78. The van der Waals surface area contributed by atoms with Crippen molar-refractivity contribution in [3.8, 4) is 0 Å². The van der Waals surface area contributed by atoms with Crippen LogP contribution in [0.1, 0.15) is 37.9 Å². The Morgan fingerprint density at radius 2 is 2.50 bits per heavy atom. The van der Waals surface area contributed by atoms with Crippen molar-refractivity contribution in [2.45, 2.75) is 43.6 Å². The Morgan fingerprint density at radius 3 is 3.10 bits per heavy atom. The molecule has 6 heteroatoms. The molecular weight excluding hydrogens is 274 g/mol. The highest BCUT2D eigenvalue weighted by Crippen LogP contribution is 2.28. The summed E-state index contributed by atoms with van der Waals surface area (Å²) in [6.07, 6.45) is 8.46. The second kappa shape index (κ2) is 7.13. The summed E-state index contributed by atoms with van der Waals surface area (Å²) in [4.78, 5) is 12.2. The number of hydrogen-bond donors (Lipinski definition) is 1. The first-order valence-corrected chi connectivity index (χ1v) is 8.37. The Bertz CT molecular complexity index is 445. The van der Waals surface area contributed by atoms with Gasteiger partial charge in [-0.1, -0.05) is 6.92 Å². The second-order valence-electron chi connectivity index (χ2n) is 5.13. The molecule has 1 aliphatic rings. The Kier molecular flexibility index (Phi) is 5.48. The Labute approximate surface area is 124 Å². The zero-order valence-corrected chi connectivity index (χ0v) is 13.2. The highest BCUT2D eigenvalue weighted by atomic mass is 32.2. The van der Waals surface area contributed by atoms with Crippen LogP contribution in [0, 0.1) is 0 Å². The summed E-state index contributed by atoms with van der Waals surface area (Å²) < 4.78 is 7.63. The number of rotatable bonds is 5. The molecule has 3 atom stereocenters. The zero-order chi connectivity index (χ0) is 14.5. The topological polar surface area (TPSA) is 56.1 Å². The van der Waals surface area contributed by atoms with Crippen molar-refractivity contribution < 1.29 is 9.53 Å². The maximum absolute atomic E-state index is 12.2. The lowest BCUT2D eigenvalue weighted by molar-refractivity contribution is -0.123. The minimum absolute atomic E-state index is 0.0199. The monoisotopic (exact) mass is 297 g/mol. The van der Waals surface area contributed by atoms with Crippen LogP contribution in [-0.2, 0) is 16.6 Å². The molecule has 1 aromatic heterocycles. The van der Waals surface area contributed by atoms with Crippen LogP contribution in [0.3, 0.4) is 0 Å². The first kappa shape index (κ1) is 15.4. The molecular formula is C14H23N3O2S. The van der Waals surface area contributed by atoms with E-state index in [0.717, 1.165) is 31.4 Å². The van der Waals surface area contributed by atoms with Crippen molar-refractivity contribution in [3.05, 3.63) is 18.0 Å². The van der Waals surface area contributed by atoms with Gasteiger partial charge in [0.1, 0.15) is 6.10 Å². The number of ether oxygens (including phenoxy) is 1. The van der Waals surface area contributed by atoms with Crippen molar-refractivity contribution in [2.75, 3.05) is 12.9 Å². The van der Waals surface area contributed by atoms with Crippen LogP contribution in [0.2, 0.25) is 0 Å². The van der Waals surface area contributed by atoms with E-state index in [1.807, 2.05) is 32.6 Å². The number of nitrogens with one attached hydrogen (secondary N) is 1. The summed E-state index contributed by atoms with van der Waals surface area (Å²) in [5, 5.41) is 7.37. The van der Waals surface area contributed by atoms with Crippen molar-refractivity contribution in [1.29, 1.82) is 0 Å². The normalized spacial score (nSPS) is 24.4. The molecule has 2 heterocycles. The summed E-state index contributed by atoms with van der Waals surface area (Å²) in [5.41, 5.74) is 1.04. The third-order valence-corrected chi connectivity index (χ3v) is 4.77. The van der Waals surface area contributed by atoms with Crippen LogP contribution < -0.4 is 5.32 Å². The van der Waals surface area contributed by atoms with Gasteiger partial charge < -0.3 is 10.1 Å². The van der Waals surface area contributed by atoms with E-state index in [-0.39, 0.29) is 23.3 Å². The molecule has 0 bridgehead atoms. The van der Waals surface area contributed by atoms with E-state index >= 15 is 0 Å². The van der Waals surface area contributed by atoms with Crippen LogP contribution in [-0.4, -0.2) is 39.8 Å². The smallest absolute Gasteiger partial charge is 0.233 e. The fourth-order valence-electron chi connectivity index (χ4n) is 2.58. The van der Waals surface area contributed by atoms with Gasteiger partial charge in [-0.25, -0.2) is 0 Å². The zero-order valence-electron chi connectivity index (χ0n) is 12.3. The SMILES string of the molecule is CCC(SC)C(=O)N[C@H]1CCCO[C@@H]1c1cnn(C)c1. The summed E-state index contributed by atoms with van der Waals surface area (Å²) >= 11 is 1.60. The van der Waals surface area contributed by atoms with Gasteiger partial charge in [-0.3, -0.25) is 9.48 Å². The van der Waals surface area contributed by atoms with Crippen molar-refractivity contribution in [2.24, 2.45) is 7.05 Å². The molecule has 2 rings (SSSR count). The van der Waals surface area contributed by atoms with Gasteiger partial charge >= 0.3 is 0 Å². The molecule has 0 spiro atoms. The minimum atomic E-state index is -0.0826. The average Bonchev–Trinajstić information content (AvgIpc) is 2.87. The first-order chi connectivity index (χ1) is 9.65. The predicted octanol–water partition coefficient (Wildman–Crippen LogP) is 1.90. The summed E-state index contributed by atoms with van der Waals surface area (Å²) in [5.74, 6) is 0.115. The van der Waals surface area contributed by atoms with Crippen LogP contribution in [0.4, 0.5) is 0 Å². The highest BCUT2D eigenvalue weighted by molar-refractivity contribution is 7.99. The molecule has 0 radical (unpaired) electrons. The Morgan fingerprint density at radius 1 is 1.70 bits per heavy atom. The van der Waals surface area contributed by atoms with Gasteiger partial charge in [-0.05, 0) is 25.5 Å². The van der Waals surface area contributed by atoms with Gasteiger partial charge in [0.05, 0.1) is 17.5 Å². The quantitative estimate of drug-likeness (QED) is 0.902. The molecule has 0 saturated carbocycles. The van der Waals surface area contributed by atoms with Gasteiger partial charge in [0.25, 0.3) is 0 Å². The van der Waals surface area contributed by atoms with Crippen molar-refractivity contribution >= 4 is 17.7 Å². The number of amides is 1. The Hall–Kier alpha value is -1.01. The fourth-order valence-corrected chi connectivity index (χ4v) is 3.19. The van der Waals surface area contributed by atoms with E-state index in [2.05, 4.69) is 10.4 Å². The molecule has 0 aliphatic carbocycles. The number of aryl methyl sites for hydroxylation is 1. The molecule has 1 unspecified atom stereocenters. The van der Waals surface area contributed by atoms with E-state index in [9.17, 15) is 4.79 Å². The molecule has 0 aromatic carbocycles. The van der Waals surface area contributed by atoms with E-state index < -0.39 is 0 Å². The number of carbonyl (C=O) groups excluding carboxylic acids is 1. The van der Waals surface area contributed by atoms with Gasteiger partial charge in [-0.15, -0.1) is 0 Å². The molecule has 1 saturated heterocycles. The molecule has 1 amide bonds. The number of carbonyl (C=O) groups is 1. The lowest BCUT2D eigenvalue weighted by Crippen LogP contribution is -2.45. The standard InChI is InChI=1S/C14H23N3O2S/c1-4-12(20-3)14(18)16-11-6-5-7-19-13(11)10-8-15-17(2)9-10/h8-9,11-13H,4-7H2,1-3H3,(H,16,18)/t11-,12?,13+/m0/s1. The minimum Gasteiger partial charge on any atom is -0.371 e. The lowest BCUT2D eigenvalue weighted by atomic mass is 9.98. The van der Waals surface area contributed by atoms with E-state index in [4.69, 9.17) is 4.74 Å². The second-order valence-corrected chi connectivity index (χ2v) is 6.17. The lowest BCUT2D eigenvalue weighted by Gasteiger charge is -2.32. The molecule has 20 heavy (non-hydrogen) atoms. The number of aromatic nitrogens is 2. The first-order valence-electron chi connectivity index (χ1n) is 7.09. The molecule has 1 N–H and O–H groups in total. The molecule has 1 aliphatic heterocycles. The largest absolute Gasteiger partial charge is 0.371 e. The van der Waals surface area contributed by atoms with Gasteiger partial charge in [0.2, 0.25) is 5.91 Å². The van der Waals surface area contributed by atoms with E-state index in [0.29, 0.717) is 0 Å². The third kappa shape index (κ3) is 3.55. The average molecular weight is 297 g/mol. The molecule has 5 nitrogen and oxygen atoms in total. The molecule has 112 valence electrons. The fraction of sp³-hybridized carbons (Fsp3) is 0.714. The number of thioether (sulfide) groups is 1. The third-order valence-electron chi connectivity index (χ3n) is 3.65. The Balaban J connectivity index is 2.05. The number of hydrogen-bond acceptors (Lipinski definition) is 4. The molecule has 1 aromatic rings. The van der Waals surface area contributed by atoms with E-state index in [1.54, 1.807) is 16.4 Å². The molecule has 1 fully saturated rings. The van der Waals surface area contributed by atoms with Crippen LogP contribution in [0.25, 0.3) is 0 Å². The van der Waals surface area contributed by atoms with Gasteiger partial charge in [-0.2, -0.15) is 16.9 Å². The van der Waals surface area contributed by atoms with Gasteiger partial charge in [0.15, 0.2) is 0 Å². The van der Waals surface area contributed by atoms with Crippen molar-refractivity contribution in [3.63, 3.8) is 0 Å². The van der Waals surface area contributed by atoms with E-state index in [1.165, 1.54) is 0 Å². The summed E-state index contributed by atoms with van der Waals surface area (Å²) in [6, 6.07) is 0.0432. The van der Waals surface area contributed by atoms with Crippen LogP contribution in [0.15, 0.2) is 12.4 Å². The van der Waals surface area contributed by atoms with Crippen LogP contribution >= 0.6 is 11.8 Å². The van der Waals surface area contributed by atoms with Crippen LogP contribution in [0.5, 0.6) is 0 Å². The maximum Gasteiger partial charge on any atom is 0.233 e.